The van der Waals surface area contributed by atoms with Gasteiger partial charge in [-0.2, -0.15) is 0 Å². The molecule has 20 heavy (non-hydrogen) atoms. The van der Waals surface area contributed by atoms with E-state index in [-0.39, 0.29) is 11.4 Å². The highest BCUT2D eigenvalue weighted by Gasteiger charge is 2.12. The Morgan fingerprint density at radius 1 is 0.950 bits per heavy atom. The minimum Gasteiger partial charge on any atom is -0.383 e. The van der Waals surface area contributed by atoms with E-state index in [2.05, 4.69) is 4.72 Å². The molecule has 106 valence electrons. The van der Waals surface area contributed by atoms with Crippen LogP contribution in [0.4, 0.5) is 0 Å². The summed E-state index contributed by atoms with van der Waals surface area (Å²) in [7, 11) is -1.93. The summed E-state index contributed by atoms with van der Waals surface area (Å²) in [6, 6.07) is 16.6. The van der Waals surface area contributed by atoms with Gasteiger partial charge in [-0.05, 0) is 23.3 Å². The van der Waals surface area contributed by atoms with Crippen LogP contribution in [-0.2, 0) is 14.8 Å². The summed E-state index contributed by atoms with van der Waals surface area (Å²) >= 11 is 0. The molecule has 1 N–H and O–H groups in total. The van der Waals surface area contributed by atoms with Crippen molar-refractivity contribution in [2.75, 3.05) is 20.3 Å². The fraction of sp³-hybridized carbons (Fsp3) is 0.200. The highest BCUT2D eigenvalue weighted by molar-refractivity contribution is 7.89. The quantitative estimate of drug-likeness (QED) is 0.831. The van der Waals surface area contributed by atoms with Crippen LogP contribution in [-0.4, -0.2) is 28.7 Å². The zero-order valence-corrected chi connectivity index (χ0v) is 12.1. The van der Waals surface area contributed by atoms with Gasteiger partial charge in [-0.1, -0.05) is 42.5 Å². The number of nitrogens with one attached hydrogen (secondary N) is 1. The SMILES string of the molecule is COCCNS(=O)(=O)c1ccc(-c2ccccc2)cc1. The van der Waals surface area contributed by atoms with E-state index in [4.69, 9.17) is 4.74 Å². The van der Waals surface area contributed by atoms with E-state index in [1.807, 2.05) is 30.3 Å². The predicted octanol–water partition coefficient (Wildman–Crippen LogP) is 2.28. The van der Waals surface area contributed by atoms with Crippen molar-refractivity contribution in [1.82, 2.24) is 4.72 Å². The first-order valence-electron chi connectivity index (χ1n) is 6.27. The van der Waals surface area contributed by atoms with Gasteiger partial charge in [-0.25, -0.2) is 13.1 Å². The number of hydrogen-bond donors (Lipinski definition) is 1. The lowest BCUT2D eigenvalue weighted by Gasteiger charge is -2.07. The lowest BCUT2D eigenvalue weighted by molar-refractivity contribution is 0.204. The average molecular weight is 291 g/mol. The van der Waals surface area contributed by atoms with Gasteiger partial charge in [0.15, 0.2) is 0 Å². The Labute approximate surface area is 119 Å². The van der Waals surface area contributed by atoms with Crippen molar-refractivity contribution in [2.45, 2.75) is 4.90 Å². The number of hydrogen-bond acceptors (Lipinski definition) is 3. The Balaban J connectivity index is 2.16. The molecule has 0 atom stereocenters. The van der Waals surface area contributed by atoms with Crippen LogP contribution in [0.2, 0.25) is 0 Å². The van der Waals surface area contributed by atoms with Gasteiger partial charge in [0.25, 0.3) is 0 Å². The van der Waals surface area contributed by atoms with Crippen LogP contribution < -0.4 is 4.72 Å². The molecular weight excluding hydrogens is 274 g/mol. The summed E-state index contributed by atoms with van der Waals surface area (Å²) in [5.41, 5.74) is 2.05. The van der Waals surface area contributed by atoms with Gasteiger partial charge in [0, 0.05) is 13.7 Å². The average Bonchev–Trinajstić information content (AvgIpc) is 2.48. The predicted molar refractivity (Wildman–Crippen MR) is 78.9 cm³/mol. The van der Waals surface area contributed by atoms with Crippen LogP contribution in [0.3, 0.4) is 0 Å². The third kappa shape index (κ3) is 3.66. The molecule has 4 nitrogen and oxygen atoms in total. The number of methoxy groups -OCH3 is 1. The molecule has 0 amide bonds. The van der Waals surface area contributed by atoms with Crippen molar-refractivity contribution < 1.29 is 13.2 Å². The highest BCUT2D eigenvalue weighted by atomic mass is 32.2. The second kappa shape index (κ2) is 6.65. The summed E-state index contributed by atoms with van der Waals surface area (Å²) in [4.78, 5) is 0.258. The molecule has 2 aromatic carbocycles. The molecule has 0 radical (unpaired) electrons. The molecule has 0 saturated heterocycles. The first-order chi connectivity index (χ1) is 9.63. The molecule has 0 aliphatic rings. The Kier molecular flexibility index (Phi) is 4.89. The number of rotatable bonds is 6. The second-order valence-corrected chi connectivity index (χ2v) is 6.05. The van der Waals surface area contributed by atoms with Crippen molar-refractivity contribution >= 4 is 10.0 Å². The van der Waals surface area contributed by atoms with Gasteiger partial charge in [0.05, 0.1) is 11.5 Å². The van der Waals surface area contributed by atoms with Crippen molar-refractivity contribution in [3.63, 3.8) is 0 Å². The highest BCUT2D eigenvalue weighted by Crippen LogP contribution is 2.20. The number of ether oxygens (including phenoxy) is 1. The summed E-state index contributed by atoms with van der Waals surface area (Å²) in [6.45, 7) is 0.612. The molecule has 0 aliphatic heterocycles. The maximum Gasteiger partial charge on any atom is 0.240 e. The third-order valence-electron chi connectivity index (χ3n) is 2.87. The topological polar surface area (TPSA) is 55.4 Å². The van der Waals surface area contributed by atoms with Gasteiger partial charge >= 0.3 is 0 Å². The van der Waals surface area contributed by atoms with Gasteiger partial charge in [0.2, 0.25) is 10.0 Å². The summed E-state index contributed by atoms with van der Waals surface area (Å²) in [5, 5.41) is 0. The van der Waals surface area contributed by atoms with Crippen molar-refractivity contribution in [1.29, 1.82) is 0 Å². The molecule has 0 spiro atoms. The first kappa shape index (κ1) is 14.7. The molecule has 0 fully saturated rings. The van der Waals surface area contributed by atoms with Gasteiger partial charge in [0.1, 0.15) is 0 Å². The van der Waals surface area contributed by atoms with Crippen LogP contribution in [0.25, 0.3) is 11.1 Å². The van der Waals surface area contributed by atoms with E-state index in [1.165, 1.54) is 7.11 Å². The monoisotopic (exact) mass is 291 g/mol. The fourth-order valence-electron chi connectivity index (χ4n) is 1.82. The van der Waals surface area contributed by atoms with Crippen molar-refractivity contribution in [2.24, 2.45) is 0 Å². The summed E-state index contributed by atoms with van der Waals surface area (Å²) in [5.74, 6) is 0. The van der Waals surface area contributed by atoms with Gasteiger partial charge < -0.3 is 4.74 Å². The summed E-state index contributed by atoms with van der Waals surface area (Å²) in [6.07, 6.45) is 0. The van der Waals surface area contributed by atoms with E-state index in [9.17, 15) is 8.42 Å². The van der Waals surface area contributed by atoms with Crippen molar-refractivity contribution in [3.05, 3.63) is 54.6 Å². The molecule has 0 aromatic heterocycles. The van der Waals surface area contributed by atoms with Crippen LogP contribution in [0, 0.1) is 0 Å². The van der Waals surface area contributed by atoms with Crippen LogP contribution in [0.1, 0.15) is 0 Å². The van der Waals surface area contributed by atoms with Gasteiger partial charge in [-0.3, -0.25) is 0 Å². The molecule has 2 aromatic rings. The first-order valence-corrected chi connectivity index (χ1v) is 7.76. The molecule has 0 bridgehead atoms. The molecule has 0 aliphatic carbocycles. The van der Waals surface area contributed by atoms with E-state index in [0.717, 1.165) is 11.1 Å². The third-order valence-corrected chi connectivity index (χ3v) is 4.35. The molecule has 2 rings (SSSR count). The zero-order valence-electron chi connectivity index (χ0n) is 11.2. The zero-order chi connectivity index (χ0) is 14.4. The maximum absolute atomic E-state index is 12.0. The second-order valence-electron chi connectivity index (χ2n) is 4.28. The molecule has 0 saturated carbocycles. The standard InChI is InChI=1S/C15H17NO3S/c1-19-12-11-16-20(17,18)15-9-7-14(8-10-15)13-5-3-2-4-6-13/h2-10,16H,11-12H2,1H3. The minimum absolute atomic E-state index is 0.258. The lowest BCUT2D eigenvalue weighted by atomic mass is 10.1. The number of sulfonamides is 1. The lowest BCUT2D eigenvalue weighted by Crippen LogP contribution is -2.27. The number of benzene rings is 2. The minimum atomic E-state index is -3.46. The smallest absolute Gasteiger partial charge is 0.240 e. The van der Waals surface area contributed by atoms with Crippen LogP contribution >= 0.6 is 0 Å². The van der Waals surface area contributed by atoms with Gasteiger partial charge in [-0.15, -0.1) is 0 Å². The van der Waals surface area contributed by atoms with Crippen molar-refractivity contribution in [3.8, 4) is 11.1 Å². The van der Waals surface area contributed by atoms with Crippen LogP contribution in [0.5, 0.6) is 0 Å². The maximum atomic E-state index is 12.0. The van der Waals surface area contributed by atoms with Crippen LogP contribution in [0.15, 0.2) is 59.5 Å². The van der Waals surface area contributed by atoms with E-state index >= 15 is 0 Å². The largest absolute Gasteiger partial charge is 0.383 e. The van der Waals surface area contributed by atoms with E-state index in [0.29, 0.717) is 6.61 Å². The Morgan fingerprint density at radius 3 is 2.15 bits per heavy atom. The Morgan fingerprint density at radius 2 is 1.55 bits per heavy atom. The fourth-order valence-corrected chi connectivity index (χ4v) is 2.83. The van der Waals surface area contributed by atoms with E-state index in [1.54, 1.807) is 24.3 Å². The molecular formula is C15H17NO3S. The summed E-state index contributed by atoms with van der Waals surface area (Å²) < 4.78 is 31.3. The molecule has 0 heterocycles. The van der Waals surface area contributed by atoms with E-state index < -0.39 is 10.0 Å². The normalized spacial score (nSPS) is 11.4. The Bertz CT molecular complexity index is 637. The molecule has 5 heteroatoms. The Hall–Kier alpha value is -1.69. The molecule has 0 unspecified atom stereocenters.